The Morgan fingerprint density at radius 3 is 2.49 bits per heavy atom. The van der Waals surface area contributed by atoms with Gasteiger partial charge in [-0.1, -0.05) is 50.3 Å². The molecule has 1 aromatic carbocycles. The second-order valence-electron chi connectivity index (χ2n) is 12.3. The van der Waals surface area contributed by atoms with E-state index in [2.05, 4.69) is 61.3 Å². The highest BCUT2D eigenvalue weighted by Gasteiger charge is 2.58. The number of ether oxygens (including phenoxy) is 1. The summed E-state index contributed by atoms with van der Waals surface area (Å²) in [5.74, 6) is 2.99. The molecule has 0 saturated heterocycles. The Kier molecular flexibility index (Phi) is 5.66. The number of nitrogens with zero attached hydrogens (tertiary/aromatic N) is 1. The van der Waals surface area contributed by atoms with Crippen LogP contribution in [0.4, 0.5) is 0 Å². The van der Waals surface area contributed by atoms with E-state index in [0.717, 1.165) is 36.3 Å². The number of allylic oxidation sites excluding steroid dienone is 2. The highest BCUT2D eigenvalue weighted by molar-refractivity contribution is 5.75. The number of hydrogen-bond acceptors (Lipinski definition) is 3. The average Bonchev–Trinajstić information content (AvgIpc) is 3.22. The molecular weight excluding hydrogens is 430 g/mol. The Labute approximate surface area is 210 Å². The van der Waals surface area contributed by atoms with Gasteiger partial charge >= 0.3 is 5.97 Å². The zero-order valence-corrected chi connectivity index (χ0v) is 21.5. The number of pyridine rings is 1. The number of esters is 1. The summed E-state index contributed by atoms with van der Waals surface area (Å²) in [6.45, 7) is 6.70. The SMILES string of the molecule is CC(=O)O[C@H]1CC[C@@]2(C)[C@@H](CC[C@@H]3[C@@H]2CC[C@]2(C)C(c4ccc(-c5ccccn5)cc4)=CC[C@@H]32)C1. The second-order valence-corrected chi connectivity index (χ2v) is 12.3. The van der Waals surface area contributed by atoms with Crippen LogP contribution in [0.5, 0.6) is 0 Å². The van der Waals surface area contributed by atoms with Gasteiger partial charge in [-0.25, -0.2) is 0 Å². The quantitative estimate of drug-likeness (QED) is 0.432. The minimum absolute atomic E-state index is 0.113. The van der Waals surface area contributed by atoms with Crippen molar-refractivity contribution in [3.63, 3.8) is 0 Å². The van der Waals surface area contributed by atoms with Gasteiger partial charge in [-0.3, -0.25) is 9.78 Å². The van der Waals surface area contributed by atoms with Crippen LogP contribution in [0.3, 0.4) is 0 Å². The number of aromatic nitrogens is 1. The number of benzene rings is 1. The minimum atomic E-state index is -0.113. The summed E-state index contributed by atoms with van der Waals surface area (Å²) < 4.78 is 5.66. The van der Waals surface area contributed by atoms with Crippen LogP contribution in [0, 0.1) is 34.5 Å². The summed E-state index contributed by atoms with van der Waals surface area (Å²) in [4.78, 5) is 16.1. The van der Waals surface area contributed by atoms with Crippen molar-refractivity contribution >= 4 is 11.5 Å². The van der Waals surface area contributed by atoms with Crippen molar-refractivity contribution in [2.75, 3.05) is 0 Å². The maximum absolute atomic E-state index is 11.5. The van der Waals surface area contributed by atoms with E-state index < -0.39 is 0 Å². The molecule has 3 heteroatoms. The van der Waals surface area contributed by atoms with Gasteiger partial charge in [0.05, 0.1) is 5.69 Å². The number of carbonyl (C=O) groups excluding carboxylic acids is 1. The molecule has 0 amide bonds. The lowest BCUT2D eigenvalue weighted by molar-refractivity contribution is -0.158. The highest BCUT2D eigenvalue weighted by Crippen LogP contribution is 2.67. The average molecular weight is 470 g/mol. The molecule has 3 nitrogen and oxygen atoms in total. The molecule has 35 heavy (non-hydrogen) atoms. The molecule has 7 atom stereocenters. The van der Waals surface area contributed by atoms with Crippen LogP contribution in [0.1, 0.15) is 77.7 Å². The summed E-state index contributed by atoms with van der Waals surface area (Å²) in [5.41, 5.74) is 5.90. The van der Waals surface area contributed by atoms with Crippen molar-refractivity contribution in [2.24, 2.45) is 34.5 Å². The second kappa shape index (κ2) is 8.61. The van der Waals surface area contributed by atoms with Crippen LogP contribution in [0.2, 0.25) is 0 Å². The number of hydrogen-bond donors (Lipinski definition) is 0. The first kappa shape index (κ1) is 23.0. The van der Waals surface area contributed by atoms with E-state index in [1.807, 2.05) is 12.3 Å². The Balaban J connectivity index is 1.21. The summed E-state index contributed by atoms with van der Waals surface area (Å²) >= 11 is 0. The molecule has 1 aromatic heterocycles. The molecule has 0 aliphatic heterocycles. The summed E-state index contributed by atoms with van der Waals surface area (Å²) in [6.07, 6.45) is 14.4. The van der Waals surface area contributed by atoms with Gasteiger partial charge in [0, 0.05) is 18.7 Å². The highest BCUT2D eigenvalue weighted by atomic mass is 16.5. The van der Waals surface area contributed by atoms with Gasteiger partial charge in [-0.15, -0.1) is 0 Å². The van der Waals surface area contributed by atoms with Crippen molar-refractivity contribution in [1.82, 2.24) is 4.98 Å². The van der Waals surface area contributed by atoms with Gasteiger partial charge in [0.15, 0.2) is 0 Å². The first-order valence-corrected chi connectivity index (χ1v) is 13.8. The molecular formula is C32H39NO2. The maximum Gasteiger partial charge on any atom is 0.302 e. The van der Waals surface area contributed by atoms with Crippen LogP contribution in [0.25, 0.3) is 16.8 Å². The third kappa shape index (κ3) is 3.77. The van der Waals surface area contributed by atoms with Crippen molar-refractivity contribution < 1.29 is 9.53 Å². The molecule has 3 fully saturated rings. The van der Waals surface area contributed by atoms with Crippen molar-refractivity contribution in [3.8, 4) is 11.3 Å². The predicted octanol–water partition coefficient (Wildman–Crippen LogP) is 7.72. The lowest BCUT2D eigenvalue weighted by atomic mass is 9.44. The molecule has 3 saturated carbocycles. The van der Waals surface area contributed by atoms with Gasteiger partial charge in [0.2, 0.25) is 0 Å². The van der Waals surface area contributed by atoms with Gasteiger partial charge < -0.3 is 4.74 Å². The number of fused-ring (bicyclic) bond motifs is 5. The fourth-order valence-electron chi connectivity index (χ4n) is 8.93. The molecule has 0 bridgehead atoms. The van der Waals surface area contributed by atoms with Crippen LogP contribution in [-0.2, 0) is 9.53 Å². The molecule has 1 heterocycles. The Morgan fingerprint density at radius 1 is 0.943 bits per heavy atom. The van der Waals surface area contributed by atoms with E-state index in [9.17, 15) is 4.79 Å². The third-order valence-electron chi connectivity index (χ3n) is 10.7. The fraction of sp³-hybridized carbons (Fsp3) is 0.562. The largest absolute Gasteiger partial charge is 0.463 e. The fourth-order valence-corrected chi connectivity index (χ4v) is 8.93. The van der Waals surface area contributed by atoms with Gasteiger partial charge in [0.1, 0.15) is 6.10 Å². The monoisotopic (exact) mass is 469 g/mol. The number of rotatable bonds is 3. The van der Waals surface area contributed by atoms with E-state index in [4.69, 9.17) is 4.74 Å². The van der Waals surface area contributed by atoms with Gasteiger partial charge in [0.25, 0.3) is 0 Å². The maximum atomic E-state index is 11.5. The van der Waals surface area contributed by atoms with Crippen molar-refractivity contribution in [3.05, 3.63) is 60.3 Å². The first-order valence-electron chi connectivity index (χ1n) is 13.8. The van der Waals surface area contributed by atoms with Gasteiger partial charge in [-0.05, 0) is 109 Å². The molecule has 0 radical (unpaired) electrons. The zero-order valence-electron chi connectivity index (χ0n) is 21.5. The van der Waals surface area contributed by atoms with Crippen LogP contribution in [-0.4, -0.2) is 17.1 Å². The summed E-state index contributed by atoms with van der Waals surface area (Å²) in [6, 6.07) is 15.2. The van der Waals surface area contributed by atoms with E-state index in [1.165, 1.54) is 49.7 Å². The van der Waals surface area contributed by atoms with E-state index in [1.54, 1.807) is 12.5 Å². The van der Waals surface area contributed by atoms with Crippen LogP contribution >= 0.6 is 0 Å². The zero-order chi connectivity index (χ0) is 24.2. The number of carbonyl (C=O) groups is 1. The standard InChI is InChI=1S/C32H39NO2/c1-21(34)35-25-15-17-31(2)24(20-25)11-12-26-28-14-13-27(32(28,3)18-16-29(26)31)22-7-9-23(10-8-22)30-6-4-5-19-33-30/h4-10,13,19,24-26,28-29H,11-12,14-18,20H2,1-3H3/t24-,25-,26-,28-,29-,31-,32+/m0/s1. The van der Waals surface area contributed by atoms with E-state index >= 15 is 0 Å². The normalized spacial score (nSPS) is 38.0. The Morgan fingerprint density at radius 2 is 1.74 bits per heavy atom. The molecule has 184 valence electrons. The lowest BCUT2D eigenvalue weighted by Gasteiger charge is -2.60. The van der Waals surface area contributed by atoms with Crippen molar-refractivity contribution in [1.29, 1.82) is 0 Å². The molecule has 6 rings (SSSR count). The van der Waals surface area contributed by atoms with Crippen LogP contribution < -0.4 is 0 Å². The van der Waals surface area contributed by atoms with Crippen LogP contribution in [0.15, 0.2) is 54.7 Å². The molecule has 0 N–H and O–H groups in total. The first-order chi connectivity index (χ1) is 16.9. The molecule has 2 aromatic rings. The molecule has 4 aliphatic rings. The Bertz CT molecular complexity index is 1120. The van der Waals surface area contributed by atoms with E-state index in [0.29, 0.717) is 11.3 Å². The lowest BCUT2D eigenvalue weighted by Crippen LogP contribution is -2.53. The summed E-state index contributed by atoms with van der Waals surface area (Å²) in [5, 5.41) is 0. The minimum Gasteiger partial charge on any atom is -0.463 e. The molecule has 0 spiro atoms. The molecule has 0 unspecified atom stereocenters. The third-order valence-corrected chi connectivity index (χ3v) is 10.7. The van der Waals surface area contributed by atoms with E-state index in [-0.39, 0.29) is 17.5 Å². The van der Waals surface area contributed by atoms with Gasteiger partial charge in [-0.2, -0.15) is 0 Å². The molecule has 4 aliphatic carbocycles. The topological polar surface area (TPSA) is 39.2 Å². The predicted molar refractivity (Wildman–Crippen MR) is 140 cm³/mol. The summed E-state index contributed by atoms with van der Waals surface area (Å²) in [7, 11) is 0. The smallest absolute Gasteiger partial charge is 0.302 e. The Hall–Kier alpha value is -2.42. The van der Waals surface area contributed by atoms with Crippen molar-refractivity contribution in [2.45, 2.75) is 78.2 Å².